The summed E-state index contributed by atoms with van der Waals surface area (Å²) in [4.78, 5) is 10.7. The van der Waals surface area contributed by atoms with E-state index in [1.807, 2.05) is 13.0 Å². The minimum absolute atomic E-state index is 0.556. The van der Waals surface area contributed by atoms with Gasteiger partial charge >= 0.3 is 0 Å². The van der Waals surface area contributed by atoms with Gasteiger partial charge in [-0.25, -0.2) is 0 Å². The van der Waals surface area contributed by atoms with Crippen molar-refractivity contribution < 1.29 is 9.53 Å². The van der Waals surface area contributed by atoms with Gasteiger partial charge in [0.15, 0.2) is 6.29 Å². The van der Waals surface area contributed by atoms with Crippen molar-refractivity contribution in [3.63, 3.8) is 0 Å². The Balaban J connectivity index is 3.21. The lowest BCUT2D eigenvalue weighted by molar-refractivity contribution is 0.111. The highest BCUT2D eigenvalue weighted by Gasteiger charge is 2.08. The highest BCUT2D eigenvalue weighted by Crippen LogP contribution is 2.30. The molecule has 0 aliphatic heterocycles. The summed E-state index contributed by atoms with van der Waals surface area (Å²) >= 11 is 5.51. The third kappa shape index (κ3) is 2.67. The van der Waals surface area contributed by atoms with Gasteiger partial charge in [0, 0.05) is 3.57 Å². The summed E-state index contributed by atoms with van der Waals surface area (Å²) in [5, 5.41) is 0. The SMILES string of the molecule is CCOc1c(Br)cc(I)cc1C=O. The molecule has 0 saturated carbocycles. The highest BCUT2D eigenvalue weighted by atomic mass is 127. The highest BCUT2D eigenvalue weighted by molar-refractivity contribution is 14.1. The van der Waals surface area contributed by atoms with Crippen LogP contribution < -0.4 is 4.74 Å². The molecule has 1 aromatic carbocycles. The molecule has 0 amide bonds. The van der Waals surface area contributed by atoms with E-state index in [0.29, 0.717) is 17.9 Å². The minimum atomic E-state index is 0.556. The largest absolute Gasteiger partial charge is 0.492 e. The van der Waals surface area contributed by atoms with E-state index in [0.717, 1.165) is 14.3 Å². The lowest BCUT2D eigenvalue weighted by Crippen LogP contribution is -1.97. The molecule has 1 aromatic rings. The third-order valence-corrected chi connectivity index (χ3v) is 2.66. The molecule has 2 nitrogen and oxygen atoms in total. The molecule has 0 spiro atoms. The van der Waals surface area contributed by atoms with Crippen LogP contribution in [0.2, 0.25) is 0 Å². The number of hydrogen-bond donors (Lipinski definition) is 0. The average molecular weight is 355 g/mol. The number of ether oxygens (including phenoxy) is 1. The van der Waals surface area contributed by atoms with Crippen molar-refractivity contribution in [2.24, 2.45) is 0 Å². The monoisotopic (exact) mass is 354 g/mol. The van der Waals surface area contributed by atoms with E-state index in [-0.39, 0.29) is 0 Å². The zero-order valence-electron chi connectivity index (χ0n) is 7.01. The summed E-state index contributed by atoms with van der Waals surface area (Å²) in [6.45, 7) is 2.44. The average Bonchev–Trinajstić information content (AvgIpc) is 2.09. The van der Waals surface area contributed by atoms with Gasteiger partial charge < -0.3 is 4.74 Å². The Morgan fingerprint density at radius 1 is 1.62 bits per heavy atom. The molecule has 0 bridgehead atoms. The van der Waals surface area contributed by atoms with Crippen LogP contribution in [0.25, 0.3) is 0 Å². The molecule has 0 aliphatic carbocycles. The van der Waals surface area contributed by atoms with Crippen molar-refractivity contribution in [3.05, 3.63) is 25.7 Å². The Morgan fingerprint density at radius 2 is 2.31 bits per heavy atom. The fourth-order valence-electron chi connectivity index (χ4n) is 0.964. The van der Waals surface area contributed by atoms with E-state index in [4.69, 9.17) is 4.74 Å². The van der Waals surface area contributed by atoms with Crippen molar-refractivity contribution in [2.45, 2.75) is 6.92 Å². The van der Waals surface area contributed by atoms with Crippen molar-refractivity contribution in [3.8, 4) is 5.75 Å². The zero-order valence-corrected chi connectivity index (χ0v) is 10.8. The van der Waals surface area contributed by atoms with Gasteiger partial charge in [-0.2, -0.15) is 0 Å². The van der Waals surface area contributed by atoms with Crippen molar-refractivity contribution >= 4 is 44.8 Å². The maximum absolute atomic E-state index is 10.7. The molecule has 0 aromatic heterocycles. The first-order valence-electron chi connectivity index (χ1n) is 3.76. The second-order valence-electron chi connectivity index (χ2n) is 2.36. The molecule has 0 atom stereocenters. The van der Waals surface area contributed by atoms with Crippen LogP contribution in [0.5, 0.6) is 5.75 Å². The molecule has 0 fully saturated rings. The summed E-state index contributed by atoms with van der Waals surface area (Å²) in [6, 6.07) is 3.71. The van der Waals surface area contributed by atoms with E-state index in [2.05, 4.69) is 38.5 Å². The molecular weight excluding hydrogens is 347 g/mol. The molecular formula is C9H8BrIO2. The first kappa shape index (κ1) is 11.0. The molecule has 0 aliphatic rings. The number of rotatable bonds is 3. The Morgan fingerprint density at radius 3 is 2.85 bits per heavy atom. The van der Waals surface area contributed by atoms with E-state index < -0.39 is 0 Å². The lowest BCUT2D eigenvalue weighted by Gasteiger charge is -2.08. The van der Waals surface area contributed by atoms with Gasteiger partial charge in [0.25, 0.3) is 0 Å². The zero-order chi connectivity index (χ0) is 9.84. The fraction of sp³-hybridized carbons (Fsp3) is 0.222. The molecule has 4 heteroatoms. The Kier molecular flexibility index (Phi) is 4.18. The smallest absolute Gasteiger partial charge is 0.153 e. The summed E-state index contributed by atoms with van der Waals surface area (Å²) < 4.78 is 7.16. The first-order valence-corrected chi connectivity index (χ1v) is 5.63. The Labute approximate surface area is 98.9 Å². The maximum atomic E-state index is 10.7. The van der Waals surface area contributed by atoms with Crippen LogP contribution in [0, 0.1) is 3.57 Å². The van der Waals surface area contributed by atoms with E-state index in [1.54, 1.807) is 6.07 Å². The molecule has 13 heavy (non-hydrogen) atoms. The number of aldehydes is 1. The van der Waals surface area contributed by atoms with Crippen molar-refractivity contribution in [1.82, 2.24) is 0 Å². The van der Waals surface area contributed by atoms with Crippen molar-refractivity contribution in [2.75, 3.05) is 6.61 Å². The van der Waals surface area contributed by atoms with Gasteiger partial charge in [-0.05, 0) is 57.6 Å². The first-order chi connectivity index (χ1) is 6.19. The Hall–Kier alpha value is -0.100. The summed E-state index contributed by atoms with van der Waals surface area (Å²) in [5.74, 6) is 0.623. The molecule has 0 heterocycles. The third-order valence-electron chi connectivity index (χ3n) is 1.45. The number of halogens is 2. The molecule has 0 unspecified atom stereocenters. The number of benzene rings is 1. The van der Waals surface area contributed by atoms with Crippen LogP contribution in [0.1, 0.15) is 17.3 Å². The van der Waals surface area contributed by atoms with Crippen LogP contribution in [0.15, 0.2) is 16.6 Å². The second-order valence-corrected chi connectivity index (χ2v) is 4.46. The van der Waals surface area contributed by atoms with Gasteiger partial charge in [0.05, 0.1) is 16.6 Å². The normalized spacial score (nSPS) is 9.77. The predicted molar refractivity (Wildman–Crippen MR) is 63.4 cm³/mol. The quantitative estimate of drug-likeness (QED) is 0.615. The van der Waals surface area contributed by atoms with Gasteiger partial charge in [-0.1, -0.05) is 0 Å². The van der Waals surface area contributed by atoms with E-state index >= 15 is 0 Å². The van der Waals surface area contributed by atoms with Crippen LogP contribution >= 0.6 is 38.5 Å². The van der Waals surface area contributed by atoms with Crippen LogP contribution in [0.4, 0.5) is 0 Å². The molecule has 0 N–H and O–H groups in total. The maximum Gasteiger partial charge on any atom is 0.153 e. The molecule has 70 valence electrons. The molecule has 1 rings (SSSR count). The standard InChI is InChI=1S/C9H8BrIO2/c1-2-13-9-6(5-12)3-7(11)4-8(9)10/h3-5H,2H2,1H3. The van der Waals surface area contributed by atoms with E-state index in [9.17, 15) is 4.79 Å². The lowest BCUT2D eigenvalue weighted by atomic mass is 10.2. The van der Waals surface area contributed by atoms with Gasteiger partial charge in [-0.15, -0.1) is 0 Å². The topological polar surface area (TPSA) is 26.3 Å². The van der Waals surface area contributed by atoms with Crippen LogP contribution in [-0.2, 0) is 0 Å². The van der Waals surface area contributed by atoms with Gasteiger partial charge in [0.1, 0.15) is 5.75 Å². The summed E-state index contributed by atoms with van der Waals surface area (Å²) in [6.07, 6.45) is 0.803. The number of carbonyl (C=O) groups excluding carboxylic acids is 1. The molecule has 0 saturated heterocycles. The minimum Gasteiger partial charge on any atom is -0.492 e. The van der Waals surface area contributed by atoms with Gasteiger partial charge in [0.2, 0.25) is 0 Å². The van der Waals surface area contributed by atoms with Crippen molar-refractivity contribution in [1.29, 1.82) is 0 Å². The Bertz CT molecular complexity index is 326. The van der Waals surface area contributed by atoms with Gasteiger partial charge in [-0.3, -0.25) is 4.79 Å². The van der Waals surface area contributed by atoms with E-state index in [1.165, 1.54) is 0 Å². The predicted octanol–water partition coefficient (Wildman–Crippen LogP) is 3.26. The fourth-order valence-corrected chi connectivity index (χ4v) is 2.63. The summed E-state index contributed by atoms with van der Waals surface area (Å²) in [5.41, 5.74) is 0.584. The summed E-state index contributed by atoms with van der Waals surface area (Å²) in [7, 11) is 0. The van der Waals surface area contributed by atoms with Crippen LogP contribution in [-0.4, -0.2) is 12.9 Å². The second kappa shape index (κ2) is 4.95. The molecule has 0 radical (unpaired) electrons. The number of hydrogen-bond acceptors (Lipinski definition) is 2. The number of carbonyl (C=O) groups is 1. The van der Waals surface area contributed by atoms with Crippen LogP contribution in [0.3, 0.4) is 0 Å².